The maximum absolute atomic E-state index is 3.73. The summed E-state index contributed by atoms with van der Waals surface area (Å²) < 4.78 is 0. The van der Waals surface area contributed by atoms with Crippen molar-refractivity contribution in [3.8, 4) is 0 Å². The summed E-state index contributed by atoms with van der Waals surface area (Å²) in [7, 11) is 3.75. The number of benzene rings is 1. The summed E-state index contributed by atoms with van der Waals surface area (Å²) in [6.07, 6.45) is 18.1. The Hall–Kier alpha value is -2.90. The van der Waals surface area contributed by atoms with E-state index in [1.807, 2.05) is 59.2 Å². The van der Waals surface area contributed by atoms with Crippen molar-refractivity contribution in [2.45, 2.75) is 103 Å². The number of aryl methyl sites for hydroxylation is 2. The molecule has 0 unspecified atom stereocenters. The van der Waals surface area contributed by atoms with Gasteiger partial charge in [-0.15, -0.1) is 6.58 Å². The molecule has 0 heterocycles. The first kappa shape index (κ1) is 46.9. The molecular weight excluding hydrogens is 482 g/mol. The monoisotopic (exact) mass is 550 g/mol. The van der Waals surface area contributed by atoms with Crippen molar-refractivity contribution >= 4 is 5.57 Å². The molecule has 0 atom stereocenters. The molecule has 0 spiro atoms. The first-order valence-electron chi connectivity index (χ1n) is 14.8. The molecule has 0 aromatic heterocycles. The van der Waals surface area contributed by atoms with Gasteiger partial charge in [0, 0.05) is 0 Å². The van der Waals surface area contributed by atoms with Crippen LogP contribution in [0.4, 0.5) is 0 Å². The highest BCUT2D eigenvalue weighted by atomic mass is 14.7. The van der Waals surface area contributed by atoms with Crippen molar-refractivity contribution in [1.29, 1.82) is 0 Å². The highest BCUT2D eigenvalue weighted by Crippen LogP contribution is 2.24. The van der Waals surface area contributed by atoms with E-state index in [0.717, 1.165) is 6.42 Å². The molecule has 0 fully saturated rings. The third-order valence-electron chi connectivity index (χ3n) is 4.58. The standard InChI is InChI=1S/C17H22.C12H18.C3H8.C3H6.C2H7N.C2H6/c1-6-8-9-16(13(3)4)17-11-10-15(7-2)12-14(17)5;1-6-7-11(4)12(5)9-8-10(2)3;3*1-3-2;1-2/h6,8-12H,1,7H2,2-5H3;6-9H,1H2,2-5H3;3H2,1-2H3;3H,1H2,2H3;3H,1-2H3;1-2H3/b9-8-;11-7+,12-9+;;;;. The van der Waals surface area contributed by atoms with Gasteiger partial charge < -0.3 is 5.32 Å². The zero-order valence-corrected chi connectivity index (χ0v) is 29.4. The van der Waals surface area contributed by atoms with Crippen LogP contribution in [0.25, 0.3) is 5.57 Å². The van der Waals surface area contributed by atoms with Crippen molar-refractivity contribution in [1.82, 2.24) is 5.32 Å². The van der Waals surface area contributed by atoms with Gasteiger partial charge in [0.1, 0.15) is 0 Å². The molecule has 0 aliphatic heterocycles. The van der Waals surface area contributed by atoms with Gasteiger partial charge in [-0.25, -0.2) is 0 Å². The highest BCUT2D eigenvalue weighted by Gasteiger charge is 2.04. The minimum Gasteiger partial charge on any atom is -0.323 e. The molecule has 1 aromatic rings. The second-order valence-corrected chi connectivity index (χ2v) is 9.31. The van der Waals surface area contributed by atoms with Crippen molar-refractivity contribution in [2.24, 2.45) is 0 Å². The lowest BCUT2D eigenvalue weighted by atomic mass is 9.94. The van der Waals surface area contributed by atoms with E-state index in [1.165, 1.54) is 51.0 Å². The van der Waals surface area contributed by atoms with Crippen LogP contribution in [0.2, 0.25) is 0 Å². The Morgan fingerprint density at radius 1 is 0.800 bits per heavy atom. The quantitative estimate of drug-likeness (QED) is 0.263. The first-order valence-corrected chi connectivity index (χ1v) is 14.8. The third kappa shape index (κ3) is 31.3. The van der Waals surface area contributed by atoms with Crippen LogP contribution in [-0.4, -0.2) is 14.1 Å². The van der Waals surface area contributed by atoms with E-state index in [2.05, 4.69) is 131 Å². The maximum atomic E-state index is 3.73. The Balaban J connectivity index is -0.000000154. The van der Waals surface area contributed by atoms with E-state index in [-0.39, 0.29) is 0 Å². The molecule has 40 heavy (non-hydrogen) atoms. The van der Waals surface area contributed by atoms with Crippen LogP contribution in [0.1, 0.15) is 106 Å². The van der Waals surface area contributed by atoms with E-state index in [4.69, 9.17) is 0 Å². The van der Waals surface area contributed by atoms with Gasteiger partial charge in [-0.1, -0.05) is 132 Å². The Morgan fingerprint density at radius 2 is 1.25 bits per heavy atom. The van der Waals surface area contributed by atoms with Crippen LogP contribution >= 0.6 is 0 Å². The number of hydrogen-bond donors (Lipinski definition) is 1. The summed E-state index contributed by atoms with van der Waals surface area (Å²) >= 11 is 0. The molecule has 1 heteroatoms. The van der Waals surface area contributed by atoms with Crippen molar-refractivity contribution < 1.29 is 0 Å². The molecule has 1 nitrogen and oxygen atoms in total. The van der Waals surface area contributed by atoms with Gasteiger partial charge in [-0.3, -0.25) is 0 Å². The molecular formula is C39H67N. The highest BCUT2D eigenvalue weighted by molar-refractivity contribution is 5.78. The number of hydrogen-bond acceptors (Lipinski definition) is 1. The first-order chi connectivity index (χ1) is 18.9. The molecule has 0 amide bonds. The smallest absolute Gasteiger partial charge is 0.0155 e. The summed E-state index contributed by atoms with van der Waals surface area (Å²) in [6.45, 7) is 37.9. The molecule has 1 rings (SSSR count). The summed E-state index contributed by atoms with van der Waals surface area (Å²) in [4.78, 5) is 0. The zero-order chi connectivity index (χ0) is 32.5. The van der Waals surface area contributed by atoms with E-state index < -0.39 is 0 Å². The molecule has 0 radical (unpaired) electrons. The average Bonchev–Trinajstić information content (AvgIpc) is 2.91. The molecule has 1 aromatic carbocycles. The molecule has 228 valence electrons. The number of rotatable bonds is 7. The van der Waals surface area contributed by atoms with Crippen LogP contribution < -0.4 is 5.32 Å². The SMILES string of the molecule is C=C/C=C(C)/C(C)=C/C=C(C)C.C=C/C=C\C(=C(C)C)c1ccc(CC)cc1C.C=CC.CC.CCC.CNC. The van der Waals surface area contributed by atoms with Gasteiger partial charge in [-0.2, -0.15) is 0 Å². The van der Waals surface area contributed by atoms with Gasteiger partial charge in [0.15, 0.2) is 0 Å². The van der Waals surface area contributed by atoms with Crippen LogP contribution in [-0.2, 0) is 6.42 Å². The third-order valence-corrected chi connectivity index (χ3v) is 4.58. The van der Waals surface area contributed by atoms with Gasteiger partial charge in [0.2, 0.25) is 0 Å². The number of allylic oxidation sites excluding steroid dienone is 13. The van der Waals surface area contributed by atoms with E-state index >= 15 is 0 Å². The predicted molar refractivity (Wildman–Crippen MR) is 193 cm³/mol. The Labute approximate surface area is 253 Å². The van der Waals surface area contributed by atoms with Crippen molar-refractivity contribution in [3.05, 3.63) is 126 Å². The van der Waals surface area contributed by atoms with Gasteiger partial charge in [-0.05, 0) is 109 Å². The normalized spacial score (nSPS) is 9.68. The maximum Gasteiger partial charge on any atom is -0.0155 e. The van der Waals surface area contributed by atoms with Gasteiger partial charge in [0.05, 0.1) is 0 Å². The number of nitrogens with one attached hydrogen (secondary N) is 1. The minimum absolute atomic E-state index is 1.09. The Kier molecular flexibility index (Phi) is 42.3. The lowest BCUT2D eigenvalue weighted by Crippen LogP contribution is -1.91. The average molecular weight is 550 g/mol. The van der Waals surface area contributed by atoms with Gasteiger partial charge in [0.25, 0.3) is 0 Å². The largest absolute Gasteiger partial charge is 0.323 e. The summed E-state index contributed by atoms with van der Waals surface area (Å²) in [5, 5.41) is 2.75. The Morgan fingerprint density at radius 3 is 1.57 bits per heavy atom. The molecule has 0 bridgehead atoms. The predicted octanol–water partition coefficient (Wildman–Crippen LogP) is 12.6. The van der Waals surface area contributed by atoms with Crippen LogP contribution in [0.3, 0.4) is 0 Å². The van der Waals surface area contributed by atoms with E-state index in [1.54, 1.807) is 6.08 Å². The van der Waals surface area contributed by atoms with Gasteiger partial charge >= 0.3 is 0 Å². The fraction of sp³-hybridized carbons (Fsp3) is 0.436. The summed E-state index contributed by atoms with van der Waals surface area (Å²) in [5.41, 5.74) is 10.6. The molecule has 0 aliphatic carbocycles. The minimum atomic E-state index is 1.09. The lowest BCUT2D eigenvalue weighted by Gasteiger charge is -2.11. The van der Waals surface area contributed by atoms with E-state index in [0.29, 0.717) is 0 Å². The van der Waals surface area contributed by atoms with Crippen LogP contribution in [0.5, 0.6) is 0 Å². The van der Waals surface area contributed by atoms with E-state index in [9.17, 15) is 0 Å². The van der Waals surface area contributed by atoms with Crippen molar-refractivity contribution in [3.63, 3.8) is 0 Å². The lowest BCUT2D eigenvalue weighted by molar-refractivity contribution is 1.02. The Bertz CT molecular complexity index is 904. The fourth-order valence-corrected chi connectivity index (χ4v) is 2.67. The second-order valence-electron chi connectivity index (χ2n) is 9.31. The molecule has 0 aliphatic rings. The molecule has 0 saturated carbocycles. The van der Waals surface area contributed by atoms with Crippen LogP contribution in [0.15, 0.2) is 109 Å². The second kappa shape index (κ2) is 36.1. The fourth-order valence-electron chi connectivity index (χ4n) is 2.67. The zero-order valence-electron chi connectivity index (χ0n) is 29.4. The summed E-state index contributed by atoms with van der Waals surface area (Å²) in [6, 6.07) is 6.72. The molecule has 1 N–H and O–H groups in total. The summed E-state index contributed by atoms with van der Waals surface area (Å²) in [5.74, 6) is 0. The molecule has 0 saturated heterocycles. The van der Waals surface area contributed by atoms with Crippen molar-refractivity contribution in [2.75, 3.05) is 14.1 Å². The van der Waals surface area contributed by atoms with Crippen LogP contribution in [0, 0.1) is 6.92 Å². The topological polar surface area (TPSA) is 12.0 Å².